The van der Waals surface area contributed by atoms with Crippen molar-refractivity contribution in [1.29, 1.82) is 0 Å². The molecule has 7 heteroatoms. The summed E-state index contributed by atoms with van der Waals surface area (Å²) in [5.74, 6) is -10.0. The molecule has 0 unspecified atom stereocenters. The molecule has 0 aromatic heterocycles. The van der Waals surface area contributed by atoms with E-state index < -0.39 is 31.2 Å². The molecule has 0 aliphatic rings. The number of hydrogen-bond acceptors (Lipinski definition) is 1. The van der Waals surface area contributed by atoms with Crippen LogP contribution in [0.25, 0.3) is 0 Å². The largest absolute Gasteiger partial charge is 0.369 e. The zero-order valence-electron chi connectivity index (χ0n) is 5.84. The van der Waals surface area contributed by atoms with Gasteiger partial charge in [-0.3, -0.25) is 0 Å². The van der Waals surface area contributed by atoms with E-state index in [9.17, 15) is 26.3 Å². The van der Waals surface area contributed by atoms with Crippen molar-refractivity contribution in [3.8, 4) is 0 Å². The lowest BCUT2D eigenvalue weighted by molar-refractivity contribution is -0.264. The average molecular weight is 195 g/mol. The molecule has 74 valence electrons. The van der Waals surface area contributed by atoms with E-state index in [0.717, 1.165) is 0 Å². The molecule has 1 nitrogen and oxygen atoms in total. The van der Waals surface area contributed by atoms with Crippen molar-refractivity contribution in [3.05, 3.63) is 0 Å². The van der Waals surface area contributed by atoms with Crippen molar-refractivity contribution in [1.82, 2.24) is 0 Å². The van der Waals surface area contributed by atoms with E-state index >= 15 is 0 Å². The van der Waals surface area contributed by atoms with Crippen LogP contribution in [-0.4, -0.2) is 24.8 Å². The first kappa shape index (κ1) is 11.5. The highest BCUT2D eigenvalue weighted by Gasteiger charge is 2.61. The standard InChI is InChI=1S/C5H7F6N/c6-3(7)5(10,11)4(8,9)1-2-12/h3H,1-2,12H2. The Morgan fingerprint density at radius 2 is 1.50 bits per heavy atom. The van der Waals surface area contributed by atoms with Gasteiger partial charge in [0.15, 0.2) is 0 Å². The second-order valence-electron chi connectivity index (χ2n) is 2.17. The number of hydrogen-bond donors (Lipinski definition) is 1. The Morgan fingerprint density at radius 3 is 1.75 bits per heavy atom. The lowest BCUT2D eigenvalue weighted by Crippen LogP contribution is -2.47. The lowest BCUT2D eigenvalue weighted by Gasteiger charge is -2.24. The zero-order chi connectivity index (χ0) is 9.99. The SMILES string of the molecule is NCCC(F)(F)C(F)(F)C(F)F. The van der Waals surface area contributed by atoms with Gasteiger partial charge < -0.3 is 5.73 Å². The third-order valence-electron chi connectivity index (χ3n) is 1.22. The molecule has 0 aliphatic carbocycles. The summed E-state index contributed by atoms with van der Waals surface area (Å²) in [4.78, 5) is 0. The molecule has 0 aromatic rings. The molecular weight excluding hydrogens is 188 g/mol. The second kappa shape index (κ2) is 3.51. The van der Waals surface area contributed by atoms with Crippen molar-refractivity contribution in [2.24, 2.45) is 5.73 Å². The maximum Gasteiger partial charge on any atom is 0.369 e. The van der Waals surface area contributed by atoms with Crippen LogP contribution in [-0.2, 0) is 0 Å². The van der Waals surface area contributed by atoms with Crippen LogP contribution in [0.2, 0.25) is 0 Å². The Hall–Kier alpha value is -0.460. The van der Waals surface area contributed by atoms with Crippen LogP contribution in [0.1, 0.15) is 6.42 Å². The van der Waals surface area contributed by atoms with Crippen LogP contribution in [0.3, 0.4) is 0 Å². The van der Waals surface area contributed by atoms with E-state index in [2.05, 4.69) is 5.73 Å². The Morgan fingerprint density at radius 1 is 1.08 bits per heavy atom. The minimum absolute atomic E-state index is 0.769. The van der Waals surface area contributed by atoms with Crippen LogP contribution >= 0.6 is 0 Å². The van der Waals surface area contributed by atoms with Gasteiger partial charge in [-0.1, -0.05) is 0 Å². The number of halogens is 6. The van der Waals surface area contributed by atoms with Crippen molar-refractivity contribution in [2.75, 3.05) is 6.54 Å². The summed E-state index contributed by atoms with van der Waals surface area (Å²) in [7, 11) is 0. The molecule has 0 aliphatic heterocycles. The van der Waals surface area contributed by atoms with Gasteiger partial charge in [-0.05, 0) is 6.54 Å². The highest BCUT2D eigenvalue weighted by atomic mass is 19.3. The van der Waals surface area contributed by atoms with Crippen LogP contribution in [0.5, 0.6) is 0 Å². The molecule has 0 saturated carbocycles. The second-order valence-corrected chi connectivity index (χ2v) is 2.17. The topological polar surface area (TPSA) is 26.0 Å². The van der Waals surface area contributed by atoms with Crippen molar-refractivity contribution < 1.29 is 26.3 Å². The molecule has 0 saturated heterocycles. The molecule has 0 atom stereocenters. The first-order valence-electron chi connectivity index (χ1n) is 2.99. The third-order valence-corrected chi connectivity index (χ3v) is 1.22. The molecule has 0 spiro atoms. The van der Waals surface area contributed by atoms with Gasteiger partial charge in [0.2, 0.25) is 0 Å². The van der Waals surface area contributed by atoms with Gasteiger partial charge in [-0.15, -0.1) is 0 Å². The van der Waals surface area contributed by atoms with E-state index in [4.69, 9.17) is 0 Å². The van der Waals surface area contributed by atoms with Gasteiger partial charge in [0.05, 0.1) is 0 Å². The first-order valence-corrected chi connectivity index (χ1v) is 2.99. The normalized spacial score (nSPS) is 14.0. The highest BCUT2D eigenvalue weighted by Crippen LogP contribution is 2.40. The lowest BCUT2D eigenvalue weighted by atomic mass is 10.1. The number of alkyl halides is 6. The molecule has 0 fully saturated rings. The Bertz CT molecular complexity index is 145. The molecule has 0 bridgehead atoms. The van der Waals surface area contributed by atoms with Gasteiger partial charge in [0.1, 0.15) is 0 Å². The summed E-state index contributed by atoms with van der Waals surface area (Å²) >= 11 is 0. The predicted octanol–water partition coefficient (Wildman–Crippen LogP) is 1.87. The van der Waals surface area contributed by atoms with Crippen molar-refractivity contribution in [2.45, 2.75) is 24.7 Å². The molecular formula is C5H7F6N. The number of rotatable bonds is 4. The summed E-state index contributed by atoms with van der Waals surface area (Å²) in [6, 6.07) is 0. The quantitative estimate of drug-likeness (QED) is 0.681. The molecule has 0 amide bonds. The number of nitrogens with two attached hydrogens (primary N) is 1. The summed E-state index contributed by atoms with van der Waals surface area (Å²) in [6.45, 7) is -0.769. The molecule has 0 heterocycles. The van der Waals surface area contributed by atoms with E-state index in [1.807, 2.05) is 0 Å². The molecule has 12 heavy (non-hydrogen) atoms. The molecule has 2 N–H and O–H groups in total. The van der Waals surface area contributed by atoms with Crippen LogP contribution in [0.4, 0.5) is 26.3 Å². The molecule has 0 rings (SSSR count). The monoisotopic (exact) mass is 195 g/mol. The fourth-order valence-corrected chi connectivity index (χ4v) is 0.508. The van der Waals surface area contributed by atoms with Gasteiger partial charge in [-0.2, -0.15) is 17.6 Å². The van der Waals surface area contributed by atoms with Crippen molar-refractivity contribution >= 4 is 0 Å². The van der Waals surface area contributed by atoms with E-state index in [-0.39, 0.29) is 0 Å². The molecule has 0 aromatic carbocycles. The summed E-state index contributed by atoms with van der Waals surface area (Å²) in [5.41, 5.74) is 4.55. The maximum absolute atomic E-state index is 12.1. The van der Waals surface area contributed by atoms with Gasteiger partial charge in [-0.25, -0.2) is 8.78 Å². The van der Waals surface area contributed by atoms with Gasteiger partial charge >= 0.3 is 18.3 Å². The fraction of sp³-hybridized carbons (Fsp3) is 1.00. The fourth-order valence-electron chi connectivity index (χ4n) is 0.508. The highest BCUT2D eigenvalue weighted by molar-refractivity contribution is 4.86. The van der Waals surface area contributed by atoms with E-state index in [0.29, 0.717) is 0 Å². The molecule has 0 radical (unpaired) electrons. The Labute approximate surface area is 64.5 Å². The smallest absolute Gasteiger partial charge is 0.330 e. The van der Waals surface area contributed by atoms with Crippen molar-refractivity contribution in [3.63, 3.8) is 0 Å². The zero-order valence-corrected chi connectivity index (χ0v) is 5.84. The van der Waals surface area contributed by atoms with E-state index in [1.165, 1.54) is 0 Å². The minimum Gasteiger partial charge on any atom is -0.330 e. The first-order chi connectivity index (χ1) is 5.25. The Kier molecular flexibility index (Phi) is 3.37. The van der Waals surface area contributed by atoms with Gasteiger partial charge in [0.25, 0.3) is 0 Å². The van der Waals surface area contributed by atoms with Crippen LogP contribution in [0.15, 0.2) is 0 Å². The third kappa shape index (κ3) is 2.02. The average Bonchev–Trinajstić information content (AvgIpc) is 1.86. The predicted molar refractivity (Wildman–Crippen MR) is 29.6 cm³/mol. The van der Waals surface area contributed by atoms with Gasteiger partial charge in [0, 0.05) is 6.42 Å². The maximum atomic E-state index is 12.1. The summed E-state index contributed by atoms with van der Waals surface area (Å²) in [5, 5.41) is 0. The van der Waals surface area contributed by atoms with E-state index in [1.54, 1.807) is 0 Å². The Balaban J connectivity index is 4.50. The van der Waals surface area contributed by atoms with Crippen LogP contribution < -0.4 is 5.73 Å². The minimum atomic E-state index is -5.30. The summed E-state index contributed by atoms with van der Waals surface area (Å²) in [6.07, 6.45) is -5.83. The van der Waals surface area contributed by atoms with Crippen LogP contribution in [0, 0.1) is 0 Å². The summed E-state index contributed by atoms with van der Waals surface area (Å²) < 4.78 is 70.9.